The molecule has 2 heterocycles. The molecule has 0 radical (unpaired) electrons. The molecule has 0 saturated carbocycles. The summed E-state index contributed by atoms with van der Waals surface area (Å²) in [7, 11) is 0. The number of rotatable bonds is 9. The SMILES string of the molecule is C=CC(=O)N1CCCC(Nc2nnc(C(N)=O)c(Nc3cccc(C(=O)NCc4ccccc4)c3)n2)C1. The monoisotopic (exact) mass is 500 g/mol. The van der Waals surface area contributed by atoms with E-state index in [0.717, 1.165) is 18.4 Å². The Labute approximate surface area is 214 Å². The maximum absolute atomic E-state index is 12.7. The fourth-order valence-electron chi connectivity index (χ4n) is 4.00. The molecule has 190 valence electrons. The molecule has 1 aromatic heterocycles. The van der Waals surface area contributed by atoms with Gasteiger partial charge in [0.2, 0.25) is 11.9 Å². The van der Waals surface area contributed by atoms with Crippen LogP contribution in [0, 0.1) is 0 Å². The third-order valence-electron chi connectivity index (χ3n) is 5.84. The first-order chi connectivity index (χ1) is 17.9. The zero-order chi connectivity index (χ0) is 26.2. The molecule has 1 fully saturated rings. The van der Waals surface area contributed by atoms with Gasteiger partial charge < -0.3 is 26.6 Å². The highest BCUT2D eigenvalue weighted by atomic mass is 16.2. The van der Waals surface area contributed by atoms with Crippen molar-refractivity contribution in [1.29, 1.82) is 0 Å². The van der Waals surface area contributed by atoms with E-state index in [2.05, 4.69) is 37.7 Å². The van der Waals surface area contributed by atoms with Crippen molar-refractivity contribution in [2.45, 2.75) is 25.4 Å². The molecule has 11 heteroatoms. The lowest BCUT2D eigenvalue weighted by atomic mass is 10.1. The number of aromatic nitrogens is 3. The number of likely N-dealkylation sites (tertiary alicyclic amines) is 1. The van der Waals surface area contributed by atoms with Crippen LogP contribution in [0.2, 0.25) is 0 Å². The van der Waals surface area contributed by atoms with Gasteiger partial charge in [-0.05, 0) is 42.7 Å². The second kappa shape index (κ2) is 11.8. The number of amides is 3. The van der Waals surface area contributed by atoms with E-state index in [1.807, 2.05) is 30.3 Å². The number of nitrogens with two attached hydrogens (primary N) is 1. The molecule has 0 spiro atoms. The molecular formula is C26H28N8O3. The average molecular weight is 501 g/mol. The lowest BCUT2D eigenvalue weighted by molar-refractivity contribution is -0.127. The Kier molecular flexibility index (Phi) is 8.04. The van der Waals surface area contributed by atoms with Crippen molar-refractivity contribution in [3.63, 3.8) is 0 Å². The minimum Gasteiger partial charge on any atom is -0.364 e. The normalized spacial score (nSPS) is 14.9. The Morgan fingerprint density at radius 3 is 2.68 bits per heavy atom. The first-order valence-corrected chi connectivity index (χ1v) is 11.8. The van der Waals surface area contributed by atoms with Crippen molar-refractivity contribution in [3.05, 3.63) is 84.1 Å². The highest BCUT2D eigenvalue weighted by Gasteiger charge is 2.24. The van der Waals surface area contributed by atoms with E-state index < -0.39 is 5.91 Å². The first kappa shape index (κ1) is 25.3. The standard InChI is InChI=1S/C26H28N8O3/c1-2-21(35)34-13-7-12-20(16-34)30-26-31-24(22(23(27)36)32-33-26)29-19-11-6-10-18(14-19)25(37)28-15-17-8-4-3-5-9-17/h2-6,8-11,14,20H,1,7,12-13,15-16H2,(H2,27,36)(H,28,37)(H2,29,30,31,33). The molecule has 0 bridgehead atoms. The van der Waals surface area contributed by atoms with Crippen LogP contribution in [0.5, 0.6) is 0 Å². The molecule has 3 amide bonds. The number of carbonyl (C=O) groups excluding carboxylic acids is 3. The Balaban J connectivity index is 1.47. The average Bonchev–Trinajstić information content (AvgIpc) is 2.92. The Hall–Kier alpha value is -4.80. The quantitative estimate of drug-likeness (QED) is 0.326. The van der Waals surface area contributed by atoms with Gasteiger partial charge in [0.25, 0.3) is 11.8 Å². The van der Waals surface area contributed by atoms with E-state index in [1.165, 1.54) is 6.08 Å². The largest absolute Gasteiger partial charge is 0.364 e. The van der Waals surface area contributed by atoms with Gasteiger partial charge in [0.05, 0.1) is 0 Å². The number of anilines is 3. The van der Waals surface area contributed by atoms with Crippen LogP contribution < -0.4 is 21.7 Å². The van der Waals surface area contributed by atoms with Crippen LogP contribution in [-0.4, -0.2) is 56.9 Å². The molecule has 1 aliphatic rings. The molecule has 1 aliphatic heterocycles. The molecule has 1 saturated heterocycles. The molecule has 2 aromatic carbocycles. The van der Waals surface area contributed by atoms with Crippen LogP contribution in [0.15, 0.2) is 67.3 Å². The molecule has 5 N–H and O–H groups in total. The lowest BCUT2D eigenvalue weighted by Gasteiger charge is -2.32. The second-order valence-corrected chi connectivity index (χ2v) is 8.54. The number of piperidine rings is 1. The smallest absolute Gasteiger partial charge is 0.273 e. The maximum atomic E-state index is 12.7. The molecule has 37 heavy (non-hydrogen) atoms. The Morgan fingerprint density at radius 2 is 1.92 bits per heavy atom. The van der Waals surface area contributed by atoms with E-state index in [0.29, 0.717) is 30.9 Å². The molecular weight excluding hydrogens is 472 g/mol. The van der Waals surface area contributed by atoms with Crippen LogP contribution in [0.25, 0.3) is 0 Å². The maximum Gasteiger partial charge on any atom is 0.273 e. The van der Waals surface area contributed by atoms with Crippen molar-refractivity contribution in [2.24, 2.45) is 5.73 Å². The van der Waals surface area contributed by atoms with Crippen LogP contribution in [0.3, 0.4) is 0 Å². The second-order valence-electron chi connectivity index (χ2n) is 8.54. The zero-order valence-electron chi connectivity index (χ0n) is 20.2. The van der Waals surface area contributed by atoms with E-state index >= 15 is 0 Å². The van der Waals surface area contributed by atoms with Gasteiger partial charge in [-0.2, -0.15) is 4.98 Å². The van der Waals surface area contributed by atoms with Gasteiger partial charge in [-0.1, -0.05) is 43.0 Å². The van der Waals surface area contributed by atoms with Gasteiger partial charge in [-0.25, -0.2) is 0 Å². The molecule has 1 atom stereocenters. The van der Waals surface area contributed by atoms with Gasteiger partial charge in [0.15, 0.2) is 11.5 Å². The number of hydrogen-bond donors (Lipinski definition) is 4. The zero-order valence-corrected chi connectivity index (χ0v) is 20.2. The summed E-state index contributed by atoms with van der Waals surface area (Å²) in [6.45, 7) is 5.06. The highest BCUT2D eigenvalue weighted by Crippen LogP contribution is 2.21. The number of nitrogens with zero attached hydrogens (tertiary/aromatic N) is 4. The van der Waals surface area contributed by atoms with Crippen molar-refractivity contribution in [3.8, 4) is 0 Å². The summed E-state index contributed by atoms with van der Waals surface area (Å²) in [5, 5.41) is 17.0. The number of nitrogens with one attached hydrogen (secondary N) is 3. The van der Waals surface area contributed by atoms with Crippen LogP contribution in [0.4, 0.5) is 17.5 Å². The van der Waals surface area contributed by atoms with Crippen LogP contribution in [-0.2, 0) is 11.3 Å². The minimum atomic E-state index is -0.800. The summed E-state index contributed by atoms with van der Waals surface area (Å²) in [6.07, 6.45) is 2.92. The highest BCUT2D eigenvalue weighted by molar-refractivity contribution is 5.97. The molecule has 1 unspecified atom stereocenters. The van der Waals surface area contributed by atoms with Gasteiger partial charge in [0, 0.05) is 36.9 Å². The Morgan fingerprint density at radius 1 is 1.11 bits per heavy atom. The first-order valence-electron chi connectivity index (χ1n) is 11.8. The predicted molar refractivity (Wildman–Crippen MR) is 139 cm³/mol. The van der Waals surface area contributed by atoms with Crippen LogP contribution >= 0.6 is 0 Å². The lowest BCUT2D eigenvalue weighted by Crippen LogP contribution is -2.44. The van der Waals surface area contributed by atoms with E-state index in [-0.39, 0.29) is 35.3 Å². The van der Waals surface area contributed by atoms with Gasteiger partial charge in [0.1, 0.15) is 0 Å². The summed E-state index contributed by atoms with van der Waals surface area (Å²) in [4.78, 5) is 42.7. The third kappa shape index (κ3) is 6.66. The number of benzene rings is 2. The van der Waals surface area contributed by atoms with Gasteiger partial charge >= 0.3 is 0 Å². The summed E-state index contributed by atoms with van der Waals surface area (Å²) in [5.74, 6) is -0.901. The van der Waals surface area contributed by atoms with E-state index in [9.17, 15) is 14.4 Å². The summed E-state index contributed by atoms with van der Waals surface area (Å²) in [5.41, 5.74) is 7.27. The Bertz CT molecular complexity index is 1300. The number of primary amides is 1. The predicted octanol–water partition coefficient (Wildman–Crippen LogP) is 2.23. The van der Waals surface area contributed by atoms with Gasteiger partial charge in [-0.3, -0.25) is 14.4 Å². The van der Waals surface area contributed by atoms with Crippen molar-refractivity contribution in [2.75, 3.05) is 23.7 Å². The summed E-state index contributed by atoms with van der Waals surface area (Å²) < 4.78 is 0. The van der Waals surface area contributed by atoms with Crippen molar-refractivity contribution >= 4 is 35.2 Å². The van der Waals surface area contributed by atoms with E-state index in [4.69, 9.17) is 5.73 Å². The summed E-state index contributed by atoms with van der Waals surface area (Å²) >= 11 is 0. The van der Waals surface area contributed by atoms with Crippen molar-refractivity contribution in [1.82, 2.24) is 25.4 Å². The molecule has 4 rings (SSSR count). The van der Waals surface area contributed by atoms with Crippen LogP contribution in [0.1, 0.15) is 39.3 Å². The number of hydrogen-bond acceptors (Lipinski definition) is 8. The topological polar surface area (TPSA) is 155 Å². The fraction of sp³-hybridized carbons (Fsp3) is 0.231. The third-order valence-corrected chi connectivity index (χ3v) is 5.84. The molecule has 0 aliphatic carbocycles. The van der Waals surface area contributed by atoms with Crippen molar-refractivity contribution < 1.29 is 14.4 Å². The fourth-order valence-corrected chi connectivity index (χ4v) is 4.00. The summed E-state index contributed by atoms with van der Waals surface area (Å²) in [6, 6.07) is 16.3. The van der Waals surface area contributed by atoms with E-state index in [1.54, 1.807) is 29.2 Å². The minimum absolute atomic E-state index is 0.0941. The van der Waals surface area contributed by atoms with Gasteiger partial charge in [-0.15, -0.1) is 10.2 Å². The molecule has 3 aromatic rings. The number of carbonyl (C=O) groups is 3. The molecule has 11 nitrogen and oxygen atoms in total.